The van der Waals surface area contributed by atoms with Gasteiger partial charge in [0.15, 0.2) is 0 Å². The van der Waals surface area contributed by atoms with Gasteiger partial charge in [0.05, 0.1) is 12.4 Å². The Bertz CT molecular complexity index is 240. The van der Waals surface area contributed by atoms with E-state index < -0.39 is 0 Å². The maximum absolute atomic E-state index is 7.52. The van der Waals surface area contributed by atoms with Gasteiger partial charge in [0.1, 0.15) is 0 Å². The molecule has 0 radical (unpaired) electrons. The molecule has 16 heavy (non-hydrogen) atoms. The first kappa shape index (κ1) is 13.5. The Kier molecular flexibility index (Phi) is 4.74. The fourth-order valence-corrected chi connectivity index (χ4v) is 2.06. The Morgan fingerprint density at radius 1 is 1.56 bits per heavy atom. The van der Waals surface area contributed by atoms with E-state index in [0.717, 1.165) is 32.7 Å². The van der Waals surface area contributed by atoms with Gasteiger partial charge in [0.2, 0.25) is 0 Å². The number of nitrogens with one attached hydrogen (secondary N) is 1. The Morgan fingerprint density at radius 2 is 2.25 bits per heavy atom. The van der Waals surface area contributed by atoms with E-state index in [1.54, 1.807) is 7.11 Å². The standard InChI is InChI=1S/C12H25N3O/c1-12(2,11(13)14)5-7-15-6-4-10(8-15)9-16-3/h10H,4-9H2,1-3H3,(H3,13,14). The van der Waals surface area contributed by atoms with Crippen LogP contribution in [0.4, 0.5) is 0 Å². The Balaban J connectivity index is 2.27. The Hall–Kier alpha value is -0.610. The highest BCUT2D eigenvalue weighted by atomic mass is 16.5. The highest BCUT2D eigenvalue weighted by Gasteiger charge is 2.26. The van der Waals surface area contributed by atoms with Crippen molar-refractivity contribution in [3.05, 3.63) is 0 Å². The van der Waals surface area contributed by atoms with Crippen LogP contribution in [0.1, 0.15) is 26.7 Å². The van der Waals surface area contributed by atoms with Gasteiger partial charge in [-0.1, -0.05) is 13.8 Å². The highest BCUT2D eigenvalue weighted by Crippen LogP contribution is 2.23. The summed E-state index contributed by atoms with van der Waals surface area (Å²) in [6, 6.07) is 0. The van der Waals surface area contributed by atoms with Gasteiger partial charge in [-0.05, 0) is 31.8 Å². The third-order valence-corrected chi connectivity index (χ3v) is 3.55. The van der Waals surface area contributed by atoms with E-state index in [1.807, 2.05) is 13.8 Å². The molecule has 3 N–H and O–H groups in total. The van der Waals surface area contributed by atoms with Crippen LogP contribution < -0.4 is 5.73 Å². The second kappa shape index (κ2) is 5.64. The number of nitrogens with zero attached hydrogens (tertiary/aromatic N) is 1. The molecule has 1 aliphatic rings. The number of nitrogens with two attached hydrogens (primary N) is 1. The van der Waals surface area contributed by atoms with Crippen LogP contribution in [-0.2, 0) is 4.74 Å². The first-order chi connectivity index (χ1) is 7.45. The van der Waals surface area contributed by atoms with Gasteiger partial charge < -0.3 is 15.4 Å². The third-order valence-electron chi connectivity index (χ3n) is 3.55. The van der Waals surface area contributed by atoms with Crippen molar-refractivity contribution in [2.24, 2.45) is 17.1 Å². The van der Waals surface area contributed by atoms with Crippen LogP contribution in [-0.4, -0.2) is 44.1 Å². The lowest BCUT2D eigenvalue weighted by Crippen LogP contribution is -2.35. The van der Waals surface area contributed by atoms with E-state index in [-0.39, 0.29) is 5.41 Å². The smallest absolute Gasteiger partial charge is 0.0963 e. The molecule has 1 rings (SSSR count). The van der Waals surface area contributed by atoms with Crippen molar-refractivity contribution in [2.75, 3.05) is 33.4 Å². The minimum atomic E-state index is -0.167. The zero-order chi connectivity index (χ0) is 12.2. The quantitative estimate of drug-likeness (QED) is 0.531. The monoisotopic (exact) mass is 227 g/mol. The summed E-state index contributed by atoms with van der Waals surface area (Å²) in [5.41, 5.74) is 5.41. The van der Waals surface area contributed by atoms with E-state index in [1.165, 1.54) is 6.42 Å². The van der Waals surface area contributed by atoms with Crippen LogP contribution in [0.3, 0.4) is 0 Å². The molecule has 1 aliphatic heterocycles. The van der Waals surface area contributed by atoms with Crippen molar-refractivity contribution in [3.8, 4) is 0 Å². The summed E-state index contributed by atoms with van der Waals surface area (Å²) in [6.07, 6.45) is 2.19. The second-order valence-corrected chi connectivity index (χ2v) is 5.46. The van der Waals surface area contributed by atoms with Crippen LogP contribution in [0.25, 0.3) is 0 Å². The number of methoxy groups -OCH3 is 1. The maximum atomic E-state index is 7.52. The molecule has 1 heterocycles. The van der Waals surface area contributed by atoms with Gasteiger partial charge >= 0.3 is 0 Å². The van der Waals surface area contributed by atoms with Gasteiger partial charge in [-0.25, -0.2) is 0 Å². The fraction of sp³-hybridized carbons (Fsp3) is 0.917. The van der Waals surface area contributed by atoms with Crippen molar-refractivity contribution >= 4 is 5.84 Å². The SMILES string of the molecule is COCC1CCN(CCC(C)(C)C(=N)N)C1. The van der Waals surface area contributed by atoms with E-state index >= 15 is 0 Å². The molecule has 1 fully saturated rings. The summed E-state index contributed by atoms with van der Waals surface area (Å²) in [5.74, 6) is 0.977. The minimum absolute atomic E-state index is 0.167. The summed E-state index contributed by atoms with van der Waals surface area (Å²) >= 11 is 0. The van der Waals surface area contributed by atoms with Gasteiger partial charge in [-0.15, -0.1) is 0 Å². The van der Waals surface area contributed by atoms with Crippen LogP contribution in [0.15, 0.2) is 0 Å². The second-order valence-electron chi connectivity index (χ2n) is 5.46. The van der Waals surface area contributed by atoms with E-state index in [4.69, 9.17) is 15.9 Å². The minimum Gasteiger partial charge on any atom is -0.387 e. The lowest BCUT2D eigenvalue weighted by atomic mass is 9.88. The lowest BCUT2D eigenvalue weighted by Gasteiger charge is -2.26. The maximum Gasteiger partial charge on any atom is 0.0963 e. The highest BCUT2D eigenvalue weighted by molar-refractivity contribution is 5.82. The lowest BCUT2D eigenvalue weighted by molar-refractivity contribution is 0.152. The number of likely N-dealkylation sites (tertiary alicyclic amines) is 1. The van der Waals surface area contributed by atoms with Gasteiger partial charge in [-0.3, -0.25) is 5.41 Å². The summed E-state index contributed by atoms with van der Waals surface area (Å²) < 4.78 is 5.18. The molecule has 0 aromatic heterocycles. The van der Waals surface area contributed by atoms with Crippen molar-refractivity contribution in [1.29, 1.82) is 5.41 Å². The van der Waals surface area contributed by atoms with Gasteiger partial charge in [0.25, 0.3) is 0 Å². The predicted octanol–water partition coefficient (Wildman–Crippen LogP) is 1.31. The molecule has 1 unspecified atom stereocenters. The first-order valence-corrected chi connectivity index (χ1v) is 6.01. The molecule has 0 aliphatic carbocycles. The van der Waals surface area contributed by atoms with E-state index in [9.17, 15) is 0 Å². The largest absolute Gasteiger partial charge is 0.387 e. The molecule has 1 atom stereocenters. The summed E-state index contributed by atoms with van der Waals surface area (Å²) in [4.78, 5) is 2.45. The number of hydrogen-bond donors (Lipinski definition) is 2. The Morgan fingerprint density at radius 3 is 2.81 bits per heavy atom. The fourth-order valence-electron chi connectivity index (χ4n) is 2.06. The molecular formula is C12H25N3O. The number of amidine groups is 1. The van der Waals surface area contributed by atoms with E-state index in [2.05, 4.69) is 4.90 Å². The molecule has 0 aromatic carbocycles. The molecular weight excluding hydrogens is 202 g/mol. The zero-order valence-electron chi connectivity index (χ0n) is 10.8. The molecule has 0 saturated carbocycles. The topological polar surface area (TPSA) is 62.3 Å². The molecule has 4 heteroatoms. The summed E-state index contributed by atoms with van der Waals surface area (Å²) in [5, 5.41) is 7.52. The van der Waals surface area contributed by atoms with Gasteiger partial charge in [0, 0.05) is 19.1 Å². The predicted molar refractivity (Wildman–Crippen MR) is 66.7 cm³/mol. The molecule has 94 valence electrons. The van der Waals surface area contributed by atoms with Crippen LogP contribution in [0.2, 0.25) is 0 Å². The van der Waals surface area contributed by atoms with E-state index in [0.29, 0.717) is 11.8 Å². The molecule has 1 saturated heterocycles. The molecule has 0 amide bonds. The number of ether oxygens (including phenoxy) is 1. The number of hydrogen-bond acceptors (Lipinski definition) is 3. The van der Waals surface area contributed by atoms with Crippen LogP contribution in [0.5, 0.6) is 0 Å². The number of rotatable bonds is 6. The molecule has 0 aromatic rings. The third kappa shape index (κ3) is 3.76. The Labute approximate surface area is 98.6 Å². The van der Waals surface area contributed by atoms with Gasteiger partial charge in [-0.2, -0.15) is 0 Å². The van der Waals surface area contributed by atoms with Crippen molar-refractivity contribution in [2.45, 2.75) is 26.7 Å². The summed E-state index contributed by atoms with van der Waals surface area (Å²) in [7, 11) is 1.77. The molecule has 0 bridgehead atoms. The average molecular weight is 227 g/mol. The van der Waals surface area contributed by atoms with Crippen LogP contribution in [0, 0.1) is 16.7 Å². The van der Waals surface area contributed by atoms with Crippen molar-refractivity contribution in [1.82, 2.24) is 4.90 Å². The summed E-state index contributed by atoms with van der Waals surface area (Å²) in [6.45, 7) is 8.26. The molecule has 4 nitrogen and oxygen atoms in total. The van der Waals surface area contributed by atoms with Crippen molar-refractivity contribution in [3.63, 3.8) is 0 Å². The van der Waals surface area contributed by atoms with Crippen LogP contribution >= 0.6 is 0 Å². The average Bonchev–Trinajstić information content (AvgIpc) is 2.63. The first-order valence-electron chi connectivity index (χ1n) is 6.01. The normalized spacial score (nSPS) is 22.6. The molecule has 0 spiro atoms. The zero-order valence-corrected chi connectivity index (χ0v) is 10.8. The van der Waals surface area contributed by atoms with Crippen molar-refractivity contribution < 1.29 is 4.74 Å².